The van der Waals surface area contributed by atoms with Gasteiger partial charge in [-0.2, -0.15) is 0 Å². The van der Waals surface area contributed by atoms with Gasteiger partial charge in [0.25, 0.3) is 0 Å². The van der Waals surface area contributed by atoms with Gasteiger partial charge in [0.05, 0.1) is 11.0 Å². The van der Waals surface area contributed by atoms with Crippen molar-refractivity contribution in [3.63, 3.8) is 0 Å². The van der Waals surface area contributed by atoms with E-state index in [2.05, 4.69) is 301 Å². The largest absolute Gasteiger partial charge is 0.311 e. The molecule has 13 aromatic rings. The number of aromatic nitrogens is 1. The Balaban J connectivity index is 0.845. The molecule has 350 valence electrons. The van der Waals surface area contributed by atoms with Crippen LogP contribution in [-0.2, 0) is 5.41 Å². The van der Waals surface area contributed by atoms with Crippen molar-refractivity contribution in [2.45, 2.75) is 19.3 Å². The molecule has 0 unspecified atom stereocenters. The predicted octanol–water partition coefficient (Wildman–Crippen LogP) is 19.6. The Morgan fingerprint density at radius 3 is 1.32 bits per heavy atom. The summed E-state index contributed by atoms with van der Waals surface area (Å²) in [6, 6.07) is 99.9. The molecule has 1 aliphatic rings. The minimum atomic E-state index is -0.262. The van der Waals surface area contributed by atoms with Gasteiger partial charge in [0.15, 0.2) is 0 Å². The van der Waals surface area contributed by atoms with Crippen molar-refractivity contribution in [3.8, 4) is 50.2 Å². The first-order chi connectivity index (χ1) is 36.5. The molecule has 0 N–H and O–H groups in total. The van der Waals surface area contributed by atoms with E-state index in [9.17, 15) is 0 Å². The lowest BCUT2D eigenvalue weighted by Gasteiger charge is -2.29. The van der Waals surface area contributed by atoms with Crippen LogP contribution in [0.5, 0.6) is 0 Å². The summed E-state index contributed by atoms with van der Waals surface area (Å²) in [6.45, 7) is 4.80. The van der Waals surface area contributed by atoms with Gasteiger partial charge >= 0.3 is 0 Å². The smallest absolute Gasteiger partial charge is 0.0547 e. The van der Waals surface area contributed by atoms with E-state index in [0.29, 0.717) is 0 Å². The second-order valence-corrected chi connectivity index (χ2v) is 20.1. The van der Waals surface area contributed by atoms with Crippen LogP contribution >= 0.6 is 0 Å². The second kappa shape index (κ2) is 17.4. The molecule has 1 heterocycles. The first-order valence-electron chi connectivity index (χ1n) is 25.7. The first kappa shape index (κ1) is 43.4. The molecule has 74 heavy (non-hydrogen) atoms. The minimum absolute atomic E-state index is 0.262. The molecule has 0 aliphatic heterocycles. The fraction of sp³-hybridized carbons (Fsp3) is 0.0423. The fourth-order valence-electron chi connectivity index (χ4n) is 11.9. The van der Waals surface area contributed by atoms with E-state index in [-0.39, 0.29) is 5.41 Å². The minimum Gasteiger partial charge on any atom is -0.311 e. The molecular formula is C71H51N3. The highest BCUT2D eigenvalue weighted by Gasteiger charge is 2.37. The summed E-state index contributed by atoms with van der Waals surface area (Å²) in [5.74, 6) is 0. The van der Waals surface area contributed by atoms with Crippen LogP contribution < -0.4 is 9.80 Å². The van der Waals surface area contributed by atoms with Crippen LogP contribution in [-0.4, -0.2) is 4.57 Å². The summed E-state index contributed by atoms with van der Waals surface area (Å²) in [6.07, 6.45) is 0. The van der Waals surface area contributed by atoms with Crippen LogP contribution in [0.15, 0.2) is 273 Å². The zero-order valence-electron chi connectivity index (χ0n) is 41.3. The Morgan fingerprint density at radius 2 is 0.730 bits per heavy atom. The molecule has 0 atom stereocenters. The number of nitrogens with zero attached hydrogens (tertiary/aromatic N) is 3. The third kappa shape index (κ3) is 7.11. The Morgan fingerprint density at radius 1 is 0.297 bits per heavy atom. The van der Waals surface area contributed by atoms with Gasteiger partial charge in [0.2, 0.25) is 0 Å². The lowest BCUT2D eigenvalue weighted by molar-refractivity contribution is 0.660. The van der Waals surface area contributed by atoms with Crippen molar-refractivity contribution in [1.29, 1.82) is 0 Å². The molecule has 0 amide bonds. The van der Waals surface area contributed by atoms with Crippen molar-refractivity contribution in [3.05, 3.63) is 284 Å². The standard InChI is InChI=1S/C71H51N3/c1-71(2)65-46-53(61-44-45-68-70-64(61)42-30-52-20-15-25-67(69(52)70)74(68)59-34-28-51(29-35-59)49-18-9-4-10-19-49)31-41-62(65)63-43-40-60(47-66(63)71)73(56-32-26-50(27-33-56)48-16-7-3-8-17-48)58-38-36-57(37-39-58)72(54-21-11-5-12-22-54)55-23-13-6-14-24-55/h3-47H,1-2H3. The van der Waals surface area contributed by atoms with Crippen LogP contribution in [0.25, 0.3) is 82.8 Å². The van der Waals surface area contributed by atoms with Gasteiger partial charge in [-0.15, -0.1) is 0 Å². The quantitative estimate of drug-likeness (QED) is 0.127. The number of rotatable bonds is 10. The maximum atomic E-state index is 2.47. The normalized spacial score (nSPS) is 12.6. The van der Waals surface area contributed by atoms with Crippen LogP contribution in [0, 0.1) is 0 Å². The number of fused-ring (bicyclic) bond motifs is 3. The van der Waals surface area contributed by atoms with Gasteiger partial charge in [-0.1, -0.05) is 184 Å². The molecule has 0 bridgehead atoms. The summed E-state index contributed by atoms with van der Waals surface area (Å²) in [4.78, 5) is 4.73. The van der Waals surface area contributed by atoms with Crippen LogP contribution in [0.4, 0.5) is 34.1 Å². The Kier molecular flexibility index (Phi) is 10.2. The molecule has 1 aromatic heterocycles. The van der Waals surface area contributed by atoms with Crippen LogP contribution in [0.2, 0.25) is 0 Å². The van der Waals surface area contributed by atoms with Crippen molar-refractivity contribution in [1.82, 2.24) is 4.57 Å². The number of hydrogen-bond acceptors (Lipinski definition) is 2. The summed E-state index contributed by atoms with van der Waals surface area (Å²) in [5, 5.41) is 5.16. The van der Waals surface area contributed by atoms with Gasteiger partial charge in [0, 0.05) is 56.0 Å². The topological polar surface area (TPSA) is 11.4 Å². The maximum Gasteiger partial charge on any atom is 0.0547 e. The third-order valence-electron chi connectivity index (χ3n) is 15.5. The summed E-state index contributed by atoms with van der Waals surface area (Å²) >= 11 is 0. The van der Waals surface area contributed by atoms with E-state index in [0.717, 1.165) is 39.8 Å². The zero-order valence-corrected chi connectivity index (χ0v) is 41.3. The van der Waals surface area contributed by atoms with Gasteiger partial charge in [-0.05, 0) is 170 Å². The molecule has 0 spiro atoms. The molecule has 14 rings (SSSR count). The highest BCUT2D eigenvalue weighted by molar-refractivity contribution is 6.26. The zero-order chi connectivity index (χ0) is 49.3. The van der Waals surface area contributed by atoms with E-state index in [1.807, 2.05) is 0 Å². The highest BCUT2D eigenvalue weighted by atomic mass is 15.2. The van der Waals surface area contributed by atoms with Gasteiger partial charge in [-0.25, -0.2) is 0 Å². The molecule has 1 aliphatic carbocycles. The van der Waals surface area contributed by atoms with Crippen molar-refractivity contribution < 1.29 is 0 Å². The highest BCUT2D eigenvalue weighted by Crippen LogP contribution is 2.53. The number of anilines is 6. The second-order valence-electron chi connectivity index (χ2n) is 20.1. The number of para-hydroxylation sites is 2. The SMILES string of the molecule is CC1(C)c2cc(-c3ccc4c5c3ccc3cccc(c35)n4-c3ccc(-c4ccccc4)cc3)ccc2-c2ccc(N(c3ccc(-c4ccccc4)cc3)c3ccc(N(c4ccccc4)c4ccccc4)cc3)cc21. The first-order valence-corrected chi connectivity index (χ1v) is 25.7. The van der Waals surface area contributed by atoms with Crippen molar-refractivity contribution in [2.24, 2.45) is 0 Å². The Bertz CT molecular complexity index is 4120. The van der Waals surface area contributed by atoms with E-state index < -0.39 is 0 Å². The molecule has 0 fully saturated rings. The summed E-state index contributed by atoms with van der Waals surface area (Å²) < 4.78 is 2.45. The average molecular weight is 946 g/mol. The van der Waals surface area contributed by atoms with Crippen molar-refractivity contribution >= 4 is 66.7 Å². The molecule has 3 heteroatoms. The number of hydrogen-bond donors (Lipinski definition) is 0. The summed E-state index contributed by atoms with van der Waals surface area (Å²) in [5.41, 5.74) is 22.6. The van der Waals surface area contributed by atoms with E-state index in [4.69, 9.17) is 0 Å². The Hall–Kier alpha value is -9.44. The predicted molar refractivity (Wildman–Crippen MR) is 313 cm³/mol. The van der Waals surface area contributed by atoms with Gasteiger partial charge in [-0.3, -0.25) is 0 Å². The molecule has 0 radical (unpaired) electrons. The lowest BCUT2D eigenvalue weighted by atomic mass is 9.81. The molecule has 12 aromatic carbocycles. The van der Waals surface area contributed by atoms with Gasteiger partial charge in [0.1, 0.15) is 0 Å². The molecular weight excluding hydrogens is 895 g/mol. The monoisotopic (exact) mass is 945 g/mol. The van der Waals surface area contributed by atoms with E-state index in [1.165, 1.54) is 88.2 Å². The molecule has 0 saturated carbocycles. The van der Waals surface area contributed by atoms with Gasteiger partial charge < -0.3 is 14.4 Å². The van der Waals surface area contributed by atoms with E-state index in [1.54, 1.807) is 0 Å². The Labute approximate surface area is 432 Å². The molecule has 0 saturated heterocycles. The van der Waals surface area contributed by atoms with Crippen molar-refractivity contribution in [2.75, 3.05) is 9.80 Å². The third-order valence-corrected chi connectivity index (χ3v) is 15.5. The number of benzene rings is 12. The van der Waals surface area contributed by atoms with Crippen LogP contribution in [0.1, 0.15) is 25.0 Å². The van der Waals surface area contributed by atoms with Crippen LogP contribution in [0.3, 0.4) is 0 Å². The maximum absolute atomic E-state index is 2.47. The molecule has 3 nitrogen and oxygen atoms in total. The van der Waals surface area contributed by atoms with E-state index >= 15 is 0 Å². The lowest BCUT2D eigenvalue weighted by Crippen LogP contribution is -2.17. The fourth-order valence-corrected chi connectivity index (χ4v) is 11.9. The average Bonchev–Trinajstić information content (AvgIpc) is 4.00. The summed E-state index contributed by atoms with van der Waals surface area (Å²) in [7, 11) is 0.